The fourth-order valence-corrected chi connectivity index (χ4v) is 0.248. The number of nitrogens with zero attached hydrogens (tertiary/aromatic N) is 3. The van der Waals surface area contributed by atoms with Crippen LogP contribution in [0.4, 0.5) is 0 Å². The zero-order chi connectivity index (χ0) is 5.98. The van der Waals surface area contributed by atoms with E-state index in [0.29, 0.717) is 0 Å². The van der Waals surface area contributed by atoms with E-state index in [9.17, 15) is 5.21 Å². The summed E-state index contributed by atoms with van der Waals surface area (Å²) in [6, 6.07) is 1.51. The van der Waals surface area contributed by atoms with Crippen molar-refractivity contribution in [1.82, 2.24) is 5.16 Å². The predicted octanol–water partition coefficient (Wildman–Crippen LogP) is -1.02. The lowest BCUT2D eigenvalue weighted by Crippen LogP contribution is -2.25. The van der Waals surface area contributed by atoms with Crippen LogP contribution in [0.15, 0.2) is 4.63 Å². The Kier molecular flexibility index (Phi) is 0.860. The van der Waals surface area contributed by atoms with Gasteiger partial charge in [-0.3, -0.25) is 4.63 Å². The first-order valence-corrected chi connectivity index (χ1v) is 1.72. The van der Waals surface area contributed by atoms with Crippen LogP contribution < -0.4 is 4.90 Å². The number of aromatic nitrogens is 2. The van der Waals surface area contributed by atoms with E-state index in [2.05, 4.69) is 9.79 Å². The number of hydrogen-bond acceptors (Lipinski definition) is 4. The molecule has 39 valence electrons. The molecule has 0 saturated heterocycles. The molecule has 0 aliphatic rings. The molecule has 0 atom stereocenters. The summed E-state index contributed by atoms with van der Waals surface area (Å²) in [6.07, 6.45) is 2.03. The SMILES string of the molecule is N#Cc1[c]no[n+]1[O-]. The van der Waals surface area contributed by atoms with Gasteiger partial charge in [0, 0.05) is 0 Å². The molecule has 0 saturated carbocycles. The monoisotopic (exact) mass is 110 g/mol. The summed E-state index contributed by atoms with van der Waals surface area (Å²) in [7, 11) is 0. The van der Waals surface area contributed by atoms with Crippen LogP contribution in [0.25, 0.3) is 0 Å². The van der Waals surface area contributed by atoms with Crippen molar-refractivity contribution in [1.29, 1.82) is 5.26 Å². The van der Waals surface area contributed by atoms with E-state index >= 15 is 0 Å². The molecule has 0 bridgehead atoms. The summed E-state index contributed by atoms with van der Waals surface area (Å²) in [6.45, 7) is 0. The van der Waals surface area contributed by atoms with Crippen LogP contribution in [0, 0.1) is 22.7 Å². The molecular formula is C3N3O2. The maximum absolute atomic E-state index is 10.1. The maximum Gasteiger partial charge on any atom is 0.318 e. The molecule has 0 fully saturated rings. The summed E-state index contributed by atoms with van der Waals surface area (Å²) in [4.78, 5) is -0.0139. The largest absolute Gasteiger partial charge is 0.358 e. The highest BCUT2D eigenvalue weighted by molar-refractivity contribution is 5.05. The number of hydrogen-bond donors (Lipinski definition) is 0. The standard InChI is InChI=1S/C3N3O2/c4-1-3-2-5-8-6(3)7. The zero-order valence-electron chi connectivity index (χ0n) is 3.66. The normalized spacial score (nSPS) is 8.38. The second-order valence-corrected chi connectivity index (χ2v) is 1.00. The van der Waals surface area contributed by atoms with Gasteiger partial charge in [-0.05, 0) is 4.90 Å². The summed E-state index contributed by atoms with van der Waals surface area (Å²) >= 11 is 0. The van der Waals surface area contributed by atoms with E-state index in [1.807, 2.05) is 6.20 Å². The summed E-state index contributed by atoms with van der Waals surface area (Å²) in [5, 5.41) is 21.0. The van der Waals surface area contributed by atoms with Gasteiger partial charge in [0.15, 0.2) is 6.07 Å². The van der Waals surface area contributed by atoms with Gasteiger partial charge in [-0.2, -0.15) is 5.26 Å². The molecule has 0 aromatic carbocycles. The highest BCUT2D eigenvalue weighted by atomic mass is 16.8. The molecule has 0 amide bonds. The molecule has 0 N–H and O–H groups in total. The molecule has 1 heterocycles. The molecule has 0 spiro atoms. The Morgan fingerprint density at radius 2 is 2.75 bits per heavy atom. The van der Waals surface area contributed by atoms with Gasteiger partial charge < -0.3 is 5.21 Å². The minimum absolute atomic E-state index is 0.0139. The Hall–Kier alpha value is -1.57. The van der Waals surface area contributed by atoms with E-state index in [1.165, 1.54) is 6.07 Å². The fourth-order valence-electron chi connectivity index (χ4n) is 0.248. The van der Waals surface area contributed by atoms with Crippen molar-refractivity contribution >= 4 is 0 Å². The summed E-state index contributed by atoms with van der Waals surface area (Å²) < 4.78 is 3.89. The van der Waals surface area contributed by atoms with Crippen molar-refractivity contribution in [2.75, 3.05) is 0 Å². The van der Waals surface area contributed by atoms with Crippen LogP contribution in [0.5, 0.6) is 0 Å². The van der Waals surface area contributed by atoms with E-state index < -0.39 is 0 Å². The van der Waals surface area contributed by atoms with Crippen LogP contribution in [0.2, 0.25) is 0 Å². The van der Waals surface area contributed by atoms with Crippen LogP contribution in [0.3, 0.4) is 0 Å². The smallest absolute Gasteiger partial charge is 0.318 e. The van der Waals surface area contributed by atoms with E-state index in [4.69, 9.17) is 5.26 Å². The molecule has 0 aliphatic heterocycles. The highest BCUT2D eigenvalue weighted by Gasteiger charge is 2.03. The Morgan fingerprint density at radius 1 is 2.00 bits per heavy atom. The summed E-state index contributed by atoms with van der Waals surface area (Å²) in [5.74, 6) is 0. The Balaban J connectivity index is 3.15. The van der Waals surface area contributed by atoms with Crippen LogP contribution in [-0.4, -0.2) is 5.16 Å². The van der Waals surface area contributed by atoms with Gasteiger partial charge in [-0.25, -0.2) is 0 Å². The third kappa shape index (κ3) is 0.479. The maximum atomic E-state index is 10.1. The van der Waals surface area contributed by atoms with Gasteiger partial charge in [0.25, 0.3) is 0 Å². The second-order valence-electron chi connectivity index (χ2n) is 1.00. The lowest BCUT2D eigenvalue weighted by atomic mass is 10.5. The summed E-state index contributed by atoms with van der Waals surface area (Å²) in [5.41, 5.74) is -0.259. The average Bonchev–Trinajstić information content (AvgIpc) is 2.14. The molecule has 1 aromatic rings. The molecular weight excluding hydrogens is 110 g/mol. The molecule has 1 radical (unpaired) electrons. The lowest BCUT2D eigenvalue weighted by Gasteiger charge is -1.78. The van der Waals surface area contributed by atoms with Gasteiger partial charge in [0.2, 0.25) is 0 Å². The topological polar surface area (TPSA) is 76.8 Å². The van der Waals surface area contributed by atoms with Crippen molar-refractivity contribution in [3.63, 3.8) is 0 Å². The molecule has 1 aromatic heterocycles. The van der Waals surface area contributed by atoms with Crippen LogP contribution in [-0.2, 0) is 0 Å². The molecule has 8 heavy (non-hydrogen) atoms. The fraction of sp³-hybridized carbons (Fsp3) is 0. The minimum Gasteiger partial charge on any atom is -0.358 e. The van der Waals surface area contributed by atoms with Crippen molar-refractivity contribution in [2.24, 2.45) is 0 Å². The van der Waals surface area contributed by atoms with Crippen molar-refractivity contribution in [3.8, 4) is 6.07 Å². The molecule has 0 aliphatic carbocycles. The van der Waals surface area contributed by atoms with Crippen LogP contribution in [0.1, 0.15) is 5.69 Å². The van der Waals surface area contributed by atoms with Crippen molar-refractivity contribution < 1.29 is 9.53 Å². The first-order chi connectivity index (χ1) is 3.84. The van der Waals surface area contributed by atoms with Crippen molar-refractivity contribution in [2.45, 2.75) is 0 Å². The van der Waals surface area contributed by atoms with Gasteiger partial charge in [-0.1, -0.05) is 0 Å². The Bertz CT molecular complexity index is 223. The molecule has 1 rings (SSSR count). The van der Waals surface area contributed by atoms with Gasteiger partial charge in [0.1, 0.15) is 0 Å². The average molecular weight is 110 g/mol. The zero-order valence-corrected chi connectivity index (χ0v) is 3.66. The predicted molar refractivity (Wildman–Crippen MR) is 19.0 cm³/mol. The third-order valence-corrected chi connectivity index (χ3v) is 0.555. The van der Waals surface area contributed by atoms with Gasteiger partial charge in [-0.15, -0.1) is 0 Å². The minimum atomic E-state index is -0.259. The molecule has 5 nitrogen and oxygen atoms in total. The molecule has 5 heteroatoms. The van der Waals surface area contributed by atoms with Gasteiger partial charge in [0.05, 0.1) is 5.16 Å². The number of rotatable bonds is 0. The van der Waals surface area contributed by atoms with E-state index in [0.717, 1.165) is 0 Å². The Labute approximate surface area is 44.3 Å². The van der Waals surface area contributed by atoms with E-state index in [1.54, 1.807) is 0 Å². The van der Waals surface area contributed by atoms with Crippen molar-refractivity contribution in [3.05, 3.63) is 17.1 Å². The second kappa shape index (κ2) is 1.50. The Morgan fingerprint density at radius 3 is 3.00 bits per heavy atom. The van der Waals surface area contributed by atoms with Gasteiger partial charge >= 0.3 is 11.9 Å². The molecule has 0 unspecified atom stereocenters. The lowest BCUT2D eigenvalue weighted by molar-refractivity contribution is -0.804. The first kappa shape index (κ1) is 4.59. The number of nitriles is 1. The third-order valence-electron chi connectivity index (χ3n) is 0.555. The quantitative estimate of drug-likeness (QED) is 0.400. The highest BCUT2D eigenvalue weighted by Crippen LogP contribution is 1.78. The van der Waals surface area contributed by atoms with E-state index in [-0.39, 0.29) is 10.6 Å². The first-order valence-electron chi connectivity index (χ1n) is 1.72. The van der Waals surface area contributed by atoms with Crippen LogP contribution >= 0.6 is 0 Å².